The first-order valence-electron chi connectivity index (χ1n) is 5.99. The van der Waals surface area contributed by atoms with Gasteiger partial charge in [-0.3, -0.25) is 0 Å². The summed E-state index contributed by atoms with van der Waals surface area (Å²) in [6.07, 6.45) is 0. The number of amides is 2. The lowest BCUT2D eigenvalue weighted by molar-refractivity contribution is 0.0449. The number of carbonyl (C=O) groups excluding carboxylic acids is 1. The zero-order valence-electron chi connectivity index (χ0n) is 11.5. The summed E-state index contributed by atoms with van der Waals surface area (Å²) >= 11 is 0. The Kier molecular flexibility index (Phi) is 16.5. The summed E-state index contributed by atoms with van der Waals surface area (Å²) in [5.74, 6) is 0. The molecule has 6 heteroatoms. The molecular weight excluding hydrogens is 222 g/mol. The molecule has 0 saturated carbocycles. The smallest absolute Gasteiger partial charge is 0.314 e. The second-order valence-corrected chi connectivity index (χ2v) is 3.09. The molecule has 0 saturated heterocycles. The number of ether oxygens (including phenoxy) is 2. The maximum Gasteiger partial charge on any atom is 0.314 e. The van der Waals surface area contributed by atoms with Crippen LogP contribution >= 0.6 is 0 Å². The van der Waals surface area contributed by atoms with Crippen molar-refractivity contribution in [2.24, 2.45) is 5.73 Å². The molecular formula is C11H27N3O3. The molecule has 0 heterocycles. The Morgan fingerprint density at radius 1 is 1.18 bits per heavy atom. The van der Waals surface area contributed by atoms with E-state index in [1.165, 1.54) is 4.90 Å². The van der Waals surface area contributed by atoms with Crippen molar-refractivity contribution < 1.29 is 14.3 Å². The summed E-state index contributed by atoms with van der Waals surface area (Å²) in [6, 6.07) is -0.441. The van der Waals surface area contributed by atoms with Gasteiger partial charge in [-0.1, -0.05) is 13.8 Å². The van der Waals surface area contributed by atoms with Gasteiger partial charge in [-0.15, -0.1) is 0 Å². The summed E-state index contributed by atoms with van der Waals surface area (Å²) < 4.78 is 10.5. The van der Waals surface area contributed by atoms with Crippen molar-refractivity contribution >= 4 is 6.03 Å². The van der Waals surface area contributed by atoms with Gasteiger partial charge in [0.25, 0.3) is 0 Å². The van der Waals surface area contributed by atoms with Crippen molar-refractivity contribution in [3.8, 4) is 0 Å². The van der Waals surface area contributed by atoms with Crippen LogP contribution in [0.3, 0.4) is 0 Å². The van der Waals surface area contributed by atoms with Gasteiger partial charge in [-0.2, -0.15) is 0 Å². The molecule has 0 aromatic carbocycles. The molecule has 0 aromatic rings. The van der Waals surface area contributed by atoms with Gasteiger partial charge in [-0.05, 0) is 7.05 Å². The van der Waals surface area contributed by atoms with Crippen LogP contribution in [0.15, 0.2) is 0 Å². The summed E-state index contributed by atoms with van der Waals surface area (Å²) in [7, 11) is 3.51. The third-order valence-corrected chi connectivity index (χ3v) is 1.82. The minimum absolute atomic E-state index is 0.441. The van der Waals surface area contributed by atoms with E-state index in [1.54, 1.807) is 7.05 Å². The Morgan fingerprint density at radius 3 is 2.18 bits per heavy atom. The third kappa shape index (κ3) is 15.1. The number of hydrogen-bond acceptors (Lipinski definition) is 4. The van der Waals surface area contributed by atoms with Crippen LogP contribution < -0.4 is 11.1 Å². The van der Waals surface area contributed by atoms with Crippen LogP contribution in [0, 0.1) is 0 Å². The van der Waals surface area contributed by atoms with E-state index in [0.717, 1.165) is 6.54 Å². The summed E-state index contributed by atoms with van der Waals surface area (Å²) in [5.41, 5.74) is 5.03. The van der Waals surface area contributed by atoms with Crippen molar-refractivity contribution in [2.45, 2.75) is 13.8 Å². The normalized spacial score (nSPS) is 9.41. The zero-order valence-corrected chi connectivity index (χ0v) is 11.5. The number of likely N-dealkylation sites (N-methyl/N-ethyl adjacent to an activating group) is 2. The molecule has 104 valence electrons. The average molecular weight is 249 g/mol. The Bertz CT molecular complexity index is 168. The van der Waals surface area contributed by atoms with Gasteiger partial charge in [0.1, 0.15) is 0 Å². The van der Waals surface area contributed by atoms with Crippen molar-refractivity contribution in [3.05, 3.63) is 0 Å². The first-order valence-corrected chi connectivity index (χ1v) is 5.99. The standard InChI is InChI=1S/C9H21N3O3.C2H6/c1-11-3-5-14-7-8-15-6-4-12(2)9(10)13;1-2/h11H,3-8H2,1-2H3,(H2,10,13);1-2H3. The number of primary amides is 1. The third-order valence-electron chi connectivity index (χ3n) is 1.82. The van der Waals surface area contributed by atoms with Gasteiger partial charge in [0.15, 0.2) is 0 Å². The lowest BCUT2D eigenvalue weighted by Crippen LogP contribution is -2.34. The highest BCUT2D eigenvalue weighted by Crippen LogP contribution is 1.83. The number of urea groups is 1. The van der Waals surface area contributed by atoms with E-state index in [4.69, 9.17) is 15.2 Å². The lowest BCUT2D eigenvalue weighted by Gasteiger charge is -2.13. The molecule has 0 atom stereocenters. The van der Waals surface area contributed by atoms with Crippen LogP contribution in [0.25, 0.3) is 0 Å². The molecule has 0 rings (SSSR count). The number of nitrogens with one attached hydrogen (secondary N) is 1. The highest BCUT2D eigenvalue weighted by molar-refractivity contribution is 5.71. The van der Waals surface area contributed by atoms with Crippen molar-refractivity contribution in [2.75, 3.05) is 53.6 Å². The van der Waals surface area contributed by atoms with Gasteiger partial charge in [-0.25, -0.2) is 4.79 Å². The second-order valence-electron chi connectivity index (χ2n) is 3.09. The van der Waals surface area contributed by atoms with E-state index < -0.39 is 6.03 Å². The molecule has 0 aromatic heterocycles. The molecule has 2 amide bonds. The first-order chi connectivity index (χ1) is 8.18. The minimum Gasteiger partial charge on any atom is -0.378 e. The molecule has 6 nitrogen and oxygen atoms in total. The molecule has 3 N–H and O–H groups in total. The summed E-state index contributed by atoms with van der Waals surface area (Å²) in [4.78, 5) is 12.0. The largest absolute Gasteiger partial charge is 0.378 e. The number of nitrogens with two attached hydrogens (primary N) is 1. The van der Waals surface area contributed by atoms with Crippen molar-refractivity contribution in [3.63, 3.8) is 0 Å². The topological polar surface area (TPSA) is 76.8 Å². The Balaban J connectivity index is 0. The van der Waals surface area contributed by atoms with Crippen LogP contribution in [0.5, 0.6) is 0 Å². The zero-order chi connectivity index (χ0) is 13.5. The van der Waals surface area contributed by atoms with Gasteiger partial charge in [0, 0.05) is 20.1 Å². The quantitative estimate of drug-likeness (QED) is 0.575. The van der Waals surface area contributed by atoms with Gasteiger partial charge >= 0.3 is 6.03 Å². The summed E-state index contributed by atoms with van der Waals surface area (Å²) in [5, 5.41) is 2.97. The molecule has 0 aliphatic carbocycles. The predicted octanol–water partition coefficient (Wildman–Crippen LogP) is 0.276. The number of rotatable bonds is 9. The average Bonchev–Trinajstić information content (AvgIpc) is 2.34. The number of hydrogen-bond donors (Lipinski definition) is 2. The van der Waals surface area contributed by atoms with Crippen LogP contribution in [0.2, 0.25) is 0 Å². The van der Waals surface area contributed by atoms with Crippen LogP contribution in [0.1, 0.15) is 13.8 Å². The highest BCUT2D eigenvalue weighted by Gasteiger charge is 2.01. The number of carbonyl (C=O) groups is 1. The highest BCUT2D eigenvalue weighted by atomic mass is 16.5. The predicted molar refractivity (Wildman–Crippen MR) is 69.1 cm³/mol. The Labute approximate surface area is 104 Å². The fourth-order valence-electron chi connectivity index (χ4n) is 0.808. The maximum atomic E-state index is 10.6. The van der Waals surface area contributed by atoms with Crippen LogP contribution in [0.4, 0.5) is 4.79 Å². The molecule has 0 spiro atoms. The molecule has 0 aliphatic rings. The minimum atomic E-state index is -0.441. The molecule has 0 fully saturated rings. The molecule has 0 bridgehead atoms. The van der Waals surface area contributed by atoms with E-state index in [1.807, 2.05) is 20.9 Å². The van der Waals surface area contributed by atoms with Crippen LogP contribution in [-0.2, 0) is 9.47 Å². The van der Waals surface area contributed by atoms with Crippen molar-refractivity contribution in [1.82, 2.24) is 10.2 Å². The van der Waals surface area contributed by atoms with E-state index in [-0.39, 0.29) is 0 Å². The van der Waals surface area contributed by atoms with E-state index in [0.29, 0.717) is 33.0 Å². The van der Waals surface area contributed by atoms with Gasteiger partial charge < -0.3 is 25.4 Å². The van der Waals surface area contributed by atoms with E-state index in [2.05, 4.69) is 5.32 Å². The molecule has 17 heavy (non-hydrogen) atoms. The molecule has 0 radical (unpaired) electrons. The SMILES string of the molecule is CC.CNCCOCCOCCN(C)C(N)=O. The Morgan fingerprint density at radius 2 is 1.71 bits per heavy atom. The Hall–Kier alpha value is -0.850. The van der Waals surface area contributed by atoms with Crippen LogP contribution in [-0.4, -0.2) is 64.5 Å². The molecule has 0 unspecified atom stereocenters. The first kappa shape index (κ1) is 18.5. The van der Waals surface area contributed by atoms with E-state index >= 15 is 0 Å². The van der Waals surface area contributed by atoms with Gasteiger partial charge in [0.05, 0.1) is 26.4 Å². The number of nitrogens with zero attached hydrogens (tertiary/aromatic N) is 1. The second kappa shape index (κ2) is 15.1. The van der Waals surface area contributed by atoms with Crippen molar-refractivity contribution in [1.29, 1.82) is 0 Å². The lowest BCUT2D eigenvalue weighted by atomic mass is 10.6. The fraction of sp³-hybridized carbons (Fsp3) is 0.909. The monoisotopic (exact) mass is 249 g/mol. The van der Waals surface area contributed by atoms with Gasteiger partial charge in [0.2, 0.25) is 0 Å². The maximum absolute atomic E-state index is 10.6. The van der Waals surface area contributed by atoms with E-state index in [9.17, 15) is 4.79 Å². The molecule has 0 aliphatic heterocycles. The fourth-order valence-corrected chi connectivity index (χ4v) is 0.808. The summed E-state index contributed by atoms with van der Waals surface area (Å²) in [6.45, 7) is 7.62.